The first kappa shape index (κ1) is 16.1. The molecule has 0 aliphatic carbocycles. The fourth-order valence-electron chi connectivity index (χ4n) is 2.66. The predicted molar refractivity (Wildman–Crippen MR) is 102 cm³/mol. The third kappa shape index (κ3) is 3.10. The van der Waals surface area contributed by atoms with E-state index in [-0.39, 0.29) is 0 Å². The summed E-state index contributed by atoms with van der Waals surface area (Å²) in [5.74, 6) is 0.695. The van der Waals surface area contributed by atoms with Gasteiger partial charge in [0.1, 0.15) is 23.7 Å². The summed E-state index contributed by atoms with van der Waals surface area (Å²) >= 11 is 4.99. The first-order chi connectivity index (χ1) is 12.3. The molecule has 0 aliphatic rings. The van der Waals surface area contributed by atoms with Crippen molar-refractivity contribution < 1.29 is 9.53 Å². The largest absolute Gasteiger partial charge is 0.488 e. The molecule has 0 radical (unpaired) electrons. The zero-order chi connectivity index (χ0) is 17.2. The maximum absolute atomic E-state index is 11.6. The molecule has 4 rings (SSSR count). The van der Waals surface area contributed by atoms with Crippen LogP contribution in [0.5, 0.6) is 5.75 Å². The van der Waals surface area contributed by atoms with Crippen LogP contribution in [0.1, 0.15) is 16.1 Å². The lowest BCUT2D eigenvalue weighted by Gasteiger charge is -2.11. The molecule has 0 amide bonds. The van der Waals surface area contributed by atoms with E-state index in [1.165, 1.54) is 11.3 Å². The summed E-state index contributed by atoms with van der Waals surface area (Å²) in [5.41, 5.74) is 3.03. The monoisotopic (exact) mass is 412 g/mol. The van der Waals surface area contributed by atoms with Crippen molar-refractivity contribution in [1.29, 1.82) is 0 Å². The molecule has 2 aromatic carbocycles. The number of benzene rings is 2. The molecule has 0 N–H and O–H groups in total. The number of aldehydes is 1. The summed E-state index contributed by atoms with van der Waals surface area (Å²) < 4.78 is 8.73. The third-order valence-corrected chi connectivity index (χ3v) is 5.09. The fraction of sp³-hybridized carbons (Fsp3) is 0.0526. The molecule has 0 spiro atoms. The van der Waals surface area contributed by atoms with Gasteiger partial charge in [0, 0.05) is 21.6 Å². The Morgan fingerprint density at radius 2 is 2.04 bits per heavy atom. The number of halogens is 1. The van der Waals surface area contributed by atoms with Crippen LogP contribution in [0.2, 0.25) is 0 Å². The number of imidazole rings is 1. The van der Waals surface area contributed by atoms with E-state index in [9.17, 15) is 4.79 Å². The van der Waals surface area contributed by atoms with Crippen LogP contribution in [0.4, 0.5) is 0 Å². The minimum Gasteiger partial charge on any atom is -0.488 e. The average molecular weight is 413 g/mol. The van der Waals surface area contributed by atoms with Crippen LogP contribution in [0, 0.1) is 0 Å². The minimum atomic E-state index is 0.452. The Morgan fingerprint density at radius 3 is 2.84 bits per heavy atom. The van der Waals surface area contributed by atoms with Gasteiger partial charge in [0.25, 0.3) is 0 Å². The lowest BCUT2D eigenvalue weighted by Crippen LogP contribution is -1.98. The van der Waals surface area contributed by atoms with Gasteiger partial charge in [0.2, 0.25) is 0 Å². The Labute approximate surface area is 156 Å². The zero-order valence-electron chi connectivity index (χ0n) is 13.1. The van der Waals surface area contributed by atoms with Crippen molar-refractivity contribution in [1.82, 2.24) is 9.38 Å². The maximum atomic E-state index is 11.6. The van der Waals surface area contributed by atoms with Gasteiger partial charge >= 0.3 is 0 Å². The lowest BCUT2D eigenvalue weighted by atomic mass is 10.1. The van der Waals surface area contributed by atoms with Gasteiger partial charge in [-0.15, -0.1) is 11.3 Å². The SMILES string of the molecule is O=Cc1c(-c2cc(Br)ccc2OCc2ccccc2)nc2sccn12. The molecule has 0 atom stereocenters. The topological polar surface area (TPSA) is 43.6 Å². The highest BCUT2D eigenvalue weighted by atomic mass is 79.9. The zero-order valence-corrected chi connectivity index (χ0v) is 15.5. The Bertz CT molecular complexity index is 1040. The second-order valence-corrected chi connectivity index (χ2v) is 7.22. The molecule has 4 aromatic rings. The quantitative estimate of drug-likeness (QED) is 0.422. The summed E-state index contributed by atoms with van der Waals surface area (Å²) in [7, 11) is 0. The highest BCUT2D eigenvalue weighted by Crippen LogP contribution is 2.35. The number of carbonyl (C=O) groups excluding carboxylic acids is 1. The maximum Gasteiger partial charge on any atom is 0.194 e. The number of hydrogen-bond acceptors (Lipinski definition) is 4. The normalized spacial score (nSPS) is 10.9. The first-order valence-electron chi connectivity index (χ1n) is 7.63. The predicted octanol–water partition coefficient (Wildman–Crippen LogP) is 5.22. The molecule has 25 heavy (non-hydrogen) atoms. The van der Waals surface area contributed by atoms with Gasteiger partial charge in [-0.25, -0.2) is 4.98 Å². The molecule has 4 nitrogen and oxygen atoms in total. The highest BCUT2D eigenvalue weighted by Gasteiger charge is 2.18. The van der Waals surface area contributed by atoms with Crippen LogP contribution < -0.4 is 4.74 Å². The van der Waals surface area contributed by atoms with Gasteiger partial charge in [-0.2, -0.15) is 0 Å². The van der Waals surface area contributed by atoms with Crippen molar-refractivity contribution in [3.63, 3.8) is 0 Å². The van der Waals surface area contributed by atoms with Gasteiger partial charge in [0.05, 0.1) is 0 Å². The van der Waals surface area contributed by atoms with Crippen molar-refractivity contribution in [3.8, 4) is 17.0 Å². The van der Waals surface area contributed by atoms with Crippen molar-refractivity contribution >= 4 is 38.5 Å². The average Bonchev–Trinajstić information content (AvgIpc) is 3.22. The van der Waals surface area contributed by atoms with E-state index in [2.05, 4.69) is 20.9 Å². The molecule has 124 valence electrons. The van der Waals surface area contributed by atoms with Crippen LogP contribution >= 0.6 is 27.3 Å². The molecule has 0 saturated carbocycles. The summed E-state index contributed by atoms with van der Waals surface area (Å²) in [6.07, 6.45) is 2.69. The van der Waals surface area contributed by atoms with E-state index in [0.29, 0.717) is 23.7 Å². The lowest BCUT2D eigenvalue weighted by molar-refractivity contribution is 0.111. The summed E-state index contributed by atoms with van der Waals surface area (Å²) in [5, 5.41) is 1.91. The number of ether oxygens (including phenoxy) is 1. The van der Waals surface area contributed by atoms with E-state index in [0.717, 1.165) is 26.8 Å². The van der Waals surface area contributed by atoms with Crippen LogP contribution in [0.25, 0.3) is 16.2 Å². The minimum absolute atomic E-state index is 0.452. The standard InChI is InChI=1S/C19H13BrN2O2S/c20-14-6-7-17(24-12-13-4-2-1-3-5-13)15(10-14)18-16(11-23)22-8-9-25-19(22)21-18/h1-11H,12H2. The van der Waals surface area contributed by atoms with Gasteiger partial charge < -0.3 is 4.74 Å². The molecule has 0 bridgehead atoms. The van der Waals surface area contributed by atoms with Gasteiger partial charge in [0.15, 0.2) is 11.2 Å². The van der Waals surface area contributed by atoms with Gasteiger partial charge in [-0.1, -0.05) is 46.3 Å². The number of fused-ring (bicyclic) bond motifs is 1. The van der Waals surface area contributed by atoms with E-state index >= 15 is 0 Å². The Morgan fingerprint density at radius 1 is 1.20 bits per heavy atom. The number of carbonyl (C=O) groups is 1. The van der Waals surface area contributed by atoms with E-state index < -0.39 is 0 Å². The Kier molecular flexibility index (Phi) is 4.38. The van der Waals surface area contributed by atoms with Crippen molar-refractivity contribution in [2.75, 3.05) is 0 Å². The summed E-state index contributed by atoms with van der Waals surface area (Å²) in [6, 6.07) is 15.7. The second-order valence-electron chi connectivity index (χ2n) is 5.43. The van der Waals surface area contributed by atoms with Gasteiger partial charge in [-0.05, 0) is 23.8 Å². The van der Waals surface area contributed by atoms with Crippen LogP contribution in [0.15, 0.2) is 64.6 Å². The summed E-state index contributed by atoms with van der Waals surface area (Å²) in [4.78, 5) is 17.0. The number of hydrogen-bond donors (Lipinski definition) is 0. The Hall–Kier alpha value is -2.44. The molecule has 0 unspecified atom stereocenters. The van der Waals surface area contributed by atoms with E-state index in [1.54, 1.807) is 4.40 Å². The van der Waals surface area contributed by atoms with Crippen molar-refractivity contribution in [2.24, 2.45) is 0 Å². The molecule has 0 fully saturated rings. The molecule has 2 heterocycles. The summed E-state index contributed by atoms with van der Waals surface area (Å²) in [6.45, 7) is 0.452. The second kappa shape index (κ2) is 6.82. The van der Waals surface area contributed by atoms with E-state index in [4.69, 9.17) is 4.74 Å². The van der Waals surface area contributed by atoms with Crippen LogP contribution in [0.3, 0.4) is 0 Å². The third-order valence-electron chi connectivity index (χ3n) is 3.84. The molecular formula is C19H13BrN2O2S. The molecule has 2 aromatic heterocycles. The molecule has 0 aliphatic heterocycles. The number of nitrogens with zero attached hydrogens (tertiary/aromatic N) is 2. The number of rotatable bonds is 5. The van der Waals surface area contributed by atoms with Gasteiger partial charge in [-0.3, -0.25) is 9.20 Å². The Balaban J connectivity index is 1.76. The fourth-order valence-corrected chi connectivity index (χ4v) is 3.74. The molecule has 6 heteroatoms. The molecule has 0 saturated heterocycles. The smallest absolute Gasteiger partial charge is 0.194 e. The number of aromatic nitrogens is 2. The number of thiazole rings is 1. The first-order valence-corrected chi connectivity index (χ1v) is 9.31. The van der Waals surface area contributed by atoms with Crippen LogP contribution in [-0.4, -0.2) is 15.7 Å². The van der Waals surface area contributed by atoms with E-state index in [1.807, 2.05) is 60.1 Å². The molecular weight excluding hydrogens is 400 g/mol. The van der Waals surface area contributed by atoms with Crippen LogP contribution in [-0.2, 0) is 6.61 Å². The highest BCUT2D eigenvalue weighted by molar-refractivity contribution is 9.10. The van der Waals surface area contributed by atoms with Crippen molar-refractivity contribution in [3.05, 3.63) is 75.8 Å². The van der Waals surface area contributed by atoms with Crippen molar-refractivity contribution in [2.45, 2.75) is 6.61 Å².